The van der Waals surface area contributed by atoms with Gasteiger partial charge in [0.15, 0.2) is 24.8 Å². The molecule has 4 aromatic carbocycles. The fraction of sp³-hybridized carbons (Fsp3) is 0.362. The van der Waals surface area contributed by atoms with E-state index in [-0.39, 0.29) is 28.2 Å². The molecular weight excluding hydrogens is 885 g/mol. The van der Waals surface area contributed by atoms with Crippen molar-refractivity contribution in [1.82, 2.24) is 0 Å². The molecule has 0 saturated carbocycles. The number of rotatable bonds is 8. The van der Waals surface area contributed by atoms with E-state index in [1.165, 1.54) is 6.92 Å². The summed E-state index contributed by atoms with van der Waals surface area (Å²) in [5.74, 6) is -1.82. The van der Waals surface area contributed by atoms with Crippen LogP contribution in [0.25, 0.3) is 45.0 Å². The van der Waals surface area contributed by atoms with Crippen molar-refractivity contribution in [3.63, 3.8) is 0 Å². The van der Waals surface area contributed by atoms with E-state index in [0.29, 0.717) is 33.4 Å². The van der Waals surface area contributed by atoms with Crippen LogP contribution in [-0.4, -0.2) is 0 Å². The smallest absolute Gasteiger partial charge is 0.201 e. The summed E-state index contributed by atoms with van der Waals surface area (Å²) in [5.41, 5.74) is 14.8. The van der Waals surface area contributed by atoms with Gasteiger partial charge in [-0.15, -0.1) is 0 Å². The Balaban J connectivity index is 0.000000238. The molecular formula is C69H90N4+4. The lowest BCUT2D eigenvalue weighted by atomic mass is 9.92. The number of aryl methyl sites for hydroxylation is 17. The normalized spacial score (nSPS) is 18.6. The first-order chi connectivity index (χ1) is 44.7. The molecule has 382 valence electrons. The first kappa shape index (κ1) is 30.6. The van der Waals surface area contributed by atoms with Crippen LogP contribution in [0.15, 0.2) is 128 Å². The second kappa shape index (κ2) is 25.4. The molecule has 8 rings (SSSR count). The van der Waals surface area contributed by atoms with E-state index >= 15 is 0 Å². The third-order valence-electron chi connectivity index (χ3n) is 12.6. The Bertz CT molecular complexity index is 4100. The average molecular weight is 1000 g/mol. The van der Waals surface area contributed by atoms with E-state index in [4.69, 9.17) is 35.6 Å². The molecule has 73 heavy (non-hydrogen) atoms. The van der Waals surface area contributed by atoms with Crippen molar-refractivity contribution >= 4 is 0 Å². The molecule has 4 heterocycles. The van der Waals surface area contributed by atoms with Crippen molar-refractivity contribution in [2.75, 3.05) is 0 Å². The number of benzene rings is 4. The first-order valence-corrected chi connectivity index (χ1v) is 24.2. The summed E-state index contributed by atoms with van der Waals surface area (Å²) in [6, 6.07) is 29.3. The van der Waals surface area contributed by atoms with E-state index in [1.54, 1.807) is 154 Å². The number of nitrogens with zero attached hydrogens (tertiary/aromatic N) is 4. The molecule has 0 fully saturated rings. The highest BCUT2D eigenvalue weighted by Crippen LogP contribution is 2.29. The van der Waals surface area contributed by atoms with Crippen LogP contribution in [0.1, 0.15) is 159 Å². The predicted octanol–water partition coefficient (Wildman–Crippen LogP) is 15.3. The van der Waals surface area contributed by atoms with Crippen LogP contribution in [0, 0.1) is 88.6 Å². The van der Waals surface area contributed by atoms with Gasteiger partial charge in [0.25, 0.3) is 0 Å². The topological polar surface area (TPSA) is 15.5 Å². The Morgan fingerprint density at radius 3 is 1.34 bits per heavy atom. The predicted molar refractivity (Wildman–Crippen MR) is 311 cm³/mol. The molecule has 4 aromatic heterocycles. The third kappa shape index (κ3) is 15.0. The molecule has 0 aliphatic rings. The van der Waals surface area contributed by atoms with Gasteiger partial charge in [-0.3, -0.25) is 0 Å². The molecule has 0 aliphatic carbocycles. The SMILES string of the molecule is [2H]C([2H])([2H])c1ccc(-c2cc(C)c(C([2H])(C)C([2H])([2H])[2H])cc2C)[n+](C)c1.[2H]C([2H])([2H])c1ccc(-c2cc(C)c(C([2H])([2H])C([2H])([2H])[2H])cc2C)[n+](C)c1.[2H]C([2H])([2H])c1ccc(-c2cc(C)c(C([2H])([2H])[2H])cc2C)[n+](C)c1.[2H]C([2H])([2H])c1ccc(-c2ccc(C([2H])([2H])C(C)C)c[n+]2C)c(C)c1. The molecule has 0 bridgehead atoms. The Morgan fingerprint density at radius 1 is 0.425 bits per heavy atom. The summed E-state index contributed by atoms with van der Waals surface area (Å²) in [6.07, 6.45) is 2.69. The fourth-order valence-electron chi connectivity index (χ4n) is 8.73. The van der Waals surface area contributed by atoms with Gasteiger partial charge < -0.3 is 0 Å². The second-order valence-electron chi connectivity index (χ2n) is 19.2. The quantitative estimate of drug-likeness (QED) is 0.135. The lowest BCUT2D eigenvalue weighted by Crippen LogP contribution is -2.31. The Kier molecular flexibility index (Phi) is 10.7. The summed E-state index contributed by atoms with van der Waals surface area (Å²) >= 11 is 0. The molecule has 0 amide bonds. The van der Waals surface area contributed by atoms with E-state index in [1.807, 2.05) is 82.8 Å². The summed E-state index contributed by atoms with van der Waals surface area (Å²) in [4.78, 5) is 0. The molecule has 4 heteroatoms. The zero-order valence-corrected chi connectivity index (χ0v) is 45.0. The van der Waals surface area contributed by atoms with Crippen molar-refractivity contribution in [2.45, 2.75) is 136 Å². The lowest BCUT2D eigenvalue weighted by molar-refractivity contribution is -0.660. The van der Waals surface area contributed by atoms with Crippen molar-refractivity contribution < 1.29 is 53.9 Å². The molecule has 0 aliphatic heterocycles. The standard InChI is InChI=1S/2C18H24N.C17H22N.C16H20N/c1-12(2)16-9-15(5)17(10-14(16)4)18-8-7-13(3)11-19(18)6;1-13(2)10-16-7-9-18(19(5)12-16)17-8-6-14(3)11-15(17)4;1-6-15-9-14(4)16(10-13(15)3)17-8-7-12(2)11-18(17)5;1-11-6-7-16(17(5)10-11)15-9-13(3)12(2)8-14(15)4/h7-12H,1-6H3;6-9,11-13H,10H2,1-5H3;7-11H,6H2,1-5H3;6-10H,1-5H3/q4*+1/i1D3,3D3,12D;3D3,10D2;1D3,2D3,6D2;1D3,2D3. The molecule has 4 nitrogen and oxygen atoms in total. The van der Waals surface area contributed by atoms with Crippen molar-refractivity contribution in [2.24, 2.45) is 34.1 Å². The van der Waals surface area contributed by atoms with Crippen LogP contribution in [0.2, 0.25) is 0 Å². The zero-order chi connectivity index (χ0) is 76.0. The van der Waals surface area contributed by atoms with Crippen LogP contribution in [0.4, 0.5) is 0 Å². The highest BCUT2D eigenvalue weighted by molar-refractivity contribution is 5.66. The van der Waals surface area contributed by atoms with Crippen LogP contribution < -0.4 is 18.3 Å². The maximum absolute atomic E-state index is 8.34. The summed E-state index contributed by atoms with van der Waals surface area (Å²) < 4.78 is 206. The van der Waals surface area contributed by atoms with Gasteiger partial charge in [-0.05, 0) is 211 Å². The number of hydrogen-bond donors (Lipinski definition) is 0. The second-order valence-corrected chi connectivity index (χ2v) is 19.2. The first-order valence-electron chi connectivity index (χ1n) is 37.2. The van der Waals surface area contributed by atoms with Gasteiger partial charge in [0, 0.05) is 104 Å². The van der Waals surface area contributed by atoms with Crippen molar-refractivity contribution in [1.29, 1.82) is 0 Å². The van der Waals surface area contributed by atoms with E-state index in [2.05, 4.69) is 0 Å². The van der Waals surface area contributed by atoms with Gasteiger partial charge in [0.05, 0.1) is 0 Å². The monoisotopic (exact) mass is 1000 g/mol. The van der Waals surface area contributed by atoms with Gasteiger partial charge in [-0.25, -0.2) is 18.3 Å². The number of pyridine rings is 4. The summed E-state index contributed by atoms with van der Waals surface area (Å²) in [6.45, 7) is 1.85. The molecule has 0 radical (unpaired) electrons. The lowest BCUT2D eigenvalue weighted by Gasteiger charge is -2.14. The highest BCUT2D eigenvalue weighted by atomic mass is 14.9. The minimum Gasteiger partial charge on any atom is -0.201 e. The molecule has 0 saturated heterocycles. The summed E-state index contributed by atoms with van der Waals surface area (Å²) in [5, 5.41) is 0. The molecule has 8 aromatic rings. The third-order valence-corrected chi connectivity index (χ3v) is 12.6. The van der Waals surface area contributed by atoms with Gasteiger partial charge in [-0.1, -0.05) is 70.4 Å². The summed E-state index contributed by atoms with van der Waals surface area (Å²) in [7, 11) is 7.20. The maximum Gasteiger partial charge on any atom is 0.212 e. The van der Waals surface area contributed by atoms with Crippen LogP contribution in [0.3, 0.4) is 0 Å². The van der Waals surface area contributed by atoms with Gasteiger partial charge in [0.1, 0.15) is 28.2 Å². The average Bonchev–Trinajstić information content (AvgIpc) is 0.778. The largest absolute Gasteiger partial charge is 0.212 e. The maximum atomic E-state index is 8.34. The van der Waals surface area contributed by atoms with Gasteiger partial charge >= 0.3 is 0 Å². The number of aromatic nitrogens is 4. The molecule has 1 atom stereocenters. The van der Waals surface area contributed by atoms with Crippen molar-refractivity contribution in [3.05, 3.63) is 211 Å². The number of hydrogen-bond acceptors (Lipinski definition) is 0. The molecule has 0 spiro atoms. The Labute approximate surface area is 479 Å². The Hall–Kier alpha value is -6.52. The van der Waals surface area contributed by atoms with Crippen molar-refractivity contribution in [3.8, 4) is 45.0 Å². The minimum absolute atomic E-state index is 0.122. The highest BCUT2D eigenvalue weighted by Gasteiger charge is 2.18. The van der Waals surface area contributed by atoms with Crippen LogP contribution in [0.5, 0.6) is 0 Å². The molecule has 0 N–H and O–H groups in total. The minimum atomic E-state index is -2.77. The fourth-order valence-corrected chi connectivity index (χ4v) is 8.73. The van der Waals surface area contributed by atoms with Crippen LogP contribution >= 0.6 is 0 Å². The van der Waals surface area contributed by atoms with Crippen LogP contribution in [-0.2, 0) is 40.9 Å². The van der Waals surface area contributed by atoms with Gasteiger partial charge in [0.2, 0.25) is 22.8 Å². The van der Waals surface area contributed by atoms with E-state index < -0.39 is 66.6 Å². The van der Waals surface area contributed by atoms with E-state index in [9.17, 15) is 0 Å². The molecule has 1 unspecified atom stereocenters. The van der Waals surface area contributed by atoms with E-state index in [0.717, 1.165) is 72.8 Å². The zero-order valence-electron chi connectivity index (χ0n) is 71.0. The Morgan fingerprint density at radius 2 is 0.877 bits per heavy atom. The van der Waals surface area contributed by atoms with Gasteiger partial charge in [-0.2, -0.15) is 0 Å².